The number of benzene rings is 1. The molecule has 4 rings (SSSR count). The number of aliphatic hydroxyl groups excluding tert-OH is 2. The van der Waals surface area contributed by atoms with Crippen LogP contribution in [-0.2, 0) is 7.05 Å². The van der Waals surface area contributed by atoms with Crippen LogP contribution in [0.3, 0.4) is 0 Å². The Kier molecular flexibility index (Phi) is 6.19. The first-order chi connectivity index (χ1) is 15.3. The van der Waals surface area contributed by atoms with Crippen molar-refractivity contribution in [1.82, 2.24) is 19.7 Å². The number of hydrogen-bond acceptors (Lipinski definition) is 5. The molecular weight excluding hydrogens is 435 g/mol. The molecule has 2 atom stereocenters. The number of halogens is 2. The van der Waals surface area contributed by atoms with E-state index in [1.54, 1.807) is 17.1 Å². The van der Waals surface area contributed by atoms with Gasteiger partial charge in [-0.05, 0) is 30.7 Å². The molecule has 1 aromatic carbocycles. The fourth-order valence-electron chi connectivity index (χ4n) is 3.78. The maximum absolute atomic E-state index is 14.4. The van der Waals surface area contributed by atoms with E-state index in [9.17, 15) is 9.50 Å². The highest BCUT2D eigenvalue weighted by molar-refractivity contribution is 6.31. The third-order valence-corrected chi connectivity index (χ3v) is 6.13. The fourth-order valence-corrected chi connectivity index (χ4v) is 4.10. The lowest BCUT2D eigenvalue weighted by atomic mass is 9.91. The summed E-state index contributed by atoms with van der Waals surface area (Å²) in [6, 6.07) is 4.73. The first-order valence-electron chi connectivity index (χ1n) is 10.2. The number of ether oxygens (including phenoxy) is 1. The van der Waals surface area contributed by atoms with E-state index in [1.807, 2.05) is 33.2 Å². The van der Waals surface area contributed by atoms with Crippen LogP contribution in [0.25, 0.3) is 22.2 Å². The molecule has 3 aromatic heterocycles. The SMILES string of the molecule is Cc1c(-c2cnc3[nH]cc([C@H](C)c4c(OC[C@H](O)CO)ccc(F)c4Cl)c3c2)cnn1C. The maximum atomic E-state index is 14.4. The minimum atomic E-state index is -1.05. The van der Waals surface area contributed by atoms with Crippen LogP contribution in [0.4, 0.5) is 4.39 Å². The van der Waals surface area contributed by atoms with E-state index in [-0.39, 0.29) is 17.5 Å². The Morgan fingerprint density at radius 1 is 1.31 bits per heavy atom. The zero-order valence-electron chi connectivity index (χ0n) is 17.9. The van der Waals surface area contributed by atoms with E-state index in [0.29, 0.717) is 17.0 Å². The lowest BCUT2D eigenvalue weighted by Gasteiger charge is -2.20. The van der Waals surface area contributed by atoms with Crippen molar-refractivity contribution in [3.8, 4) is 16.9 Å². The number of aryl methyl sites for hydroxylation is 1. The van der Waals surface area contributed by atoms with Gasteiger partial charge in [0.15, 0.2) is 0 Å². The number of aromatic amines is 1. The molecule has 0 aliphatic rings. The smallest absolute Gasteiger partial charge is 0.142 e. The summed E-state index contributed by atoms with van der Waals surface area (Å²) in [6.07, 6.45) is 4.37. The number of pyridine rings is 1. The molecule has 0 bridgehead atoms. The molecule has 0 spiro atoms. The van der Waals surface area contributed by atoms with Crippen molar-refractivity contribution < 1.29 is 19.3 Å². The summed E-state index contributed by atoms with van der Waals surface area (Å²) in [6.45, 7) is 3.31. The number of nitrogens with one attached hydrogen (secondary N) is 1. The lowest BCUT2D eigenvalue weighted by Crippen LogP contribution is -2.22. The molecule has 0 aliphatic carbocycles. The van der Waals surface area contributed by atoms with Gasteiger partial charge in [0.1, 0.15) is 29.9 Å². The Balaban J connectivity index is 1.79. The Hall–Kier alpha value is -2.94. The molecule has 0 saturated carbocycles. The second kappa shape index (κ2) is 8.90. The third kappa shape index (κ3) is 3.97. The van der Waals surface area contributed by atoms with Crippen LogP contribution in [0, 0.1) is 12.7 Å². The molecule has 0 amide bonds. The highest BCUT2D eigenvalue weighted by atomic mass is 35.5. The van der Waals surface area contributed by atoms with Gasteiger partial charge in [0, 0.05) is 53.1 Å². The Labute approximate surface area is 189 Å². The summed E-state index contributed by atoms with van der Waals surface area (Å²) in [4.78, 5) is 7.71. The molecule has 168 valence electrons. The number of fused-ring (bicyclic) bond motifs is 1. The average molecular weight is 459 g/mol. The van der Waals surface area contributed by atoms with Crippen LogP contribution in [0.2, 0.25) is 5.02 Å². The normalized spacial score (nSPS) is 13.5. The number of aliphatic hydroxyl groups is 2. The third-order valence-electron chi connectivity index (χ3n) is 5.74. The van der Waals surface area contributed by atoms with Crippen molar-refractivity contribution in [2.75, 3.05) is 13.2 Å². The summed E-state index contributed by atoms with van der Waals surface area (Å²) < 4.78 is 21.8. The van der Waals surface area contributed by atoms with Gasteiger partial charge in [0.2, 0.25) is 0 Å². The van der Waals surface area contributed by atoms with Crippen molar-refractivity contribution in [3.63, 3.8) is 0 Å². The molecule has 0 saturated heterocycles. The van der Waals surface area contributed by atoms with Gasteiger partial charge in [0.25, 0.3) is 0 Å². The first kappa shape index (κ1) is 22.3. The number of hydrogen-bond donors (Lipinski definition) is 3. The number of nitrogens with zero attached hydrogens (tertiary/aromatic N) is 3. The highest BCUT2D eigenvalue weighted by Crippen LogP contribution is 2.41. The van der Waals surface area contributed by atoms with E-state index in [0.717, 1.165) is 27.8 Å². The lowest BCUT2D eigenvalue weighted by molar-refractivity contribution is 0.0532. The highest BCUT2D eigenvalue weighted by Gasteiger charge is 2.24. The largest absolute Gasteiger partial charge is 0.490 e. The minimum Gasteiger partial charge on any atom is -0.490 e. The van der Waals surface area contributed by atoms with E-state index < -0.39 is 18.5 Å². The van der Waals surface area contributed by atoms with E-state index >= 15 is 0 Å². The molecule has 32 heavy (non-hydrogen) atoms. The van der Waals surface area contributed by atoms with E-state index in [2.05, 4.69) is 15.1 Å². The first-order valence-corrected chi connectivity index (χ1v) is 10.5. The van der Waals surface area contributed by atoms with Crippen molar-refractivity contribution in [1.29, 1.82) is 0 Å². The van der Waals surface area contributed by atoms with Crippen LogP contribution in [0.5, 0.6) is 5.75 Å². The van der Waals surface area contributed by atoms with Crippen LogP contribution in [0.1, 0.15) is 29.7 Å². The summed E-state index contributed by atoms with van der Waals surface area (Å²) in [5, 5.41) is 23.9. The van der Waals surface area contributed by atoms with Crippen LogP contribution >= 0.6 is 11.6 Å². The fraction of sp³-hybridized carbons (Fsp3) is 0.304. The molecule has 3 heterocycles. The Morgan fingerprint density at radius 3 is 2.78 bits per heavy atom. The molecule has 4 aromatic rings. The molecule has 0 unspecified atom stereocenters. The Morgan fingerprint density at radius 2 is 2.09 bits per heavy atom. The predicted molar refractivity (Wildman–Crippen MR) is 121 cm³/mol. The number of H-pyrrole nitrogens is 1. The summed E-state index contributed by atoms with van der Waals surface area (Å²) >= 11 is 6.36. The van der Waals surface area contributed by atoms with Crippen molar-refractivity contribution in [2.24, 2.45) is 7.05 Å². The van der Waals surface area contributed by atoms with E-state index in [4.69, 9.17) is 21.4 Å². The van der Waals surface area contributed by atoms with E-state index in [1.165, 1.54) is 12.1 Å². The van der Waals surface area contributed by atoms with Gasteiger partial charge in [0.05, 0.1) is 17.8 Å². The topological polar surface area (TPSA) is 96.2 Å². The molecule has 9 heteroatoms. The van der Waals surface area contributed by atoms with Crippen molar-refractivity contribution >= 4 is 22.6 Å². The Bertz CT molecular complexity index is 1270. The quantitative estimate of drug-likeness (QED) is 0.389. The molecule has 0 radical (unpaired) electrons. The molecular formula is C23H24ClFN4O3. The number of aromatic nitrogens is 4. The van der Waals surface area contributed by atoms with Gasteiger partial charge < -0.3 is 19.9 Å². The van der Waals surface area contributed by atoms with Crippen molar-refractivity contribution in [3.05, 3.63) is 64.5 Å². The zero-order chi connectivity index (χ0) is 23.0. The monoisotopic (exact) mass is 458 g/mol. The molecule has 7 nitrogen and oxygen atoms in total. The average Bonchev–Trinajstić information content (AvgIpc) is 3.36. The minimum absolute atomic E-state index is 0.0462. The van der Waals surface area contributed by atoms with Crippen LogP contribution in [-0.4, -0.2) is 49.3 Å². The van der Waals surface area contributed by atoms with Crippen molar-refractivity contribution in [2.45, 2.75) is 25.9 Å². The maximum Gasteiger partial charge on any atom is 0.142 e. The summed E-state index contributed by atoms with van der Waals surface area (Å²) in [5.41, 5.74) is 4.94. The van der Waals surface area contributed by atoms with Gasteiger partial charge in [-0.1, -0.05) is 18.5 Å². The second-order valence-electron chi connectivity index (χ2n) is 7.77. The van der Waals surface area contributed by atoms with Crippen LogP contribution in [0.15, 0.2) is 36.8 Å². The van der Waals surface area contributed by atoms with Gasteiger partial charge in [-0.3, -0.25) is 4.68 Å². The van der Waals surface area contributed by atoms with Gasteiger partial charge in [-0.15, -0.1) is 0 Å². The molecule has 0 aliphatic heterocycles. The molecule has 3 N–H and O–H groups in total. The van der Waals surface area contributed by atoms with Gasteiger partial charge in [-0.2, -0.15) is 5.10 Å². The summed E-state index contributed by atoms with van der Waals surface area (Å²) in [5.74, 6) is -0.563. The standard InChI is InChI=1S/C23H24ClFN4O3/c1-12(21-20(32-11-15(31)10-30)5-4-19(25)22(21)24)17-8-27-23-16(17)6-14(7-26-23)18-9-28-29(3)13(18)2/h4-9,12,15,30-31H,10-11H2,1-3H3,(H,26,27)/t12-,15+/m0/s1. The summed E-state index contributed by atoms with van der Waals surface area (Å²) in [7, 11) is 1.88. The molecule has 0 fully saturated rings. The van der Waals surface area contributed by atoms with Gasteiger partial charge >= 0.3 is 0 Å². The zero-order valence-corrected chi connectivity index (χ0v) is 18.7. The van der Waals surface area contributed by atoms with Gasteiger partial charge in [-0.25, -0.2) is 9.37 Å². The second-order valence-corrected chi connectivity index (χ2v) is 8.15. The number of rotatable bonds is 7. The predicted octanol–water partition coefficient (Wildman–Crippen LogP) is 3.95. The van der Waals surface area contributed by atoms with Crippen LogP contribution < -0.4 is 4.74 Å².